The molecule has 1 aromatic heterocycles. The van der Waals surface area contributed by atoms with Gasteiger partial charge in [0.2, 0.25) is 5.89 Å². The average Bonchev–Trinajstić information content (AvgIpc) is 2.58. The van der Waals surface area contributed by atoms with Crippen molar-refractivity contribution >= 4 is 17.1 Å². The zero-order valence-electron chi connectivity index (χ0n) is 8.06. The molecule has 0 unspecified atom stereocenters. The van der Waals surface area contributed by atoms with E-state index in [-0.39, 0.29) is 12.3 Å². The lowest BCUT2D eigenvalue weighted by molar-refractivity contribution is -0.136. The zero-order chi connectivity index (χ0) is 10.8. The van der Waals surface area contributed by atoms with Crippen LogP contribution in [0.15, 0.2) is 22.6 Å². The number of ether oxygens (including phenoxy) is 1. The molecule has 0 aliphatic rings. The van der Waals surface area contributed by atoms with Crippen LogP contribution in [0.3, 0.4) is 0 Å². The summed E-state index contributed by atoms with van der Waals surface area (Å²) in [5.41, 5.74) is 1.09. The van der Waals surface area contributed by atoms with Crippen molar-refractivity contribution in [3.05, 3.63) is 24.1 Å². The predicted molar refractivity (Wildman–Crippen MR) is 51.9 cm³/mol. The lowest BCUT2D eigenvalue weighted by Gasteiger charge is -1.97. The third-order valence-electron chi connectivity index (χ3n) is 1.95. The van der Waals surface area contributed by atoms with E-state index in [4.69, 9.17) is 14.3 Å². The smallest absolute Gasteiger partial charge is 0.312 e. The van der Waals surface area contributed by atoms with Crippen LogP contribution < -0.4 is 4.74 Å². The van der Waals surface area contributed by atoms with Gasteiger partial charge >= 0.3 is 5.97 Å². The van der Waals surface area contributed by atoms with Gasteiger partial charge in [-0.2, -0.15) is 0 Å². The summed E-state index contributed by atoms with van der Waals surface area (Å²) in [6, 6.07) is 5.25. The second kappa shape index (κ2) is 3.61. The molecule has 1 aromatic carbocycles. The number of nitrogens with zero attached hydrogens (tertiary/aromatic N) is 1. The summed E-state index contributed by atoms with van der Waals surface area (Å²) < 4.78 is 10.3. The van der Waals surface area contributed by atoms with E-state index in [9.17, 15) is 4.79 Å². The number of carboxylic acid groups (broad SMARTS) is 1. The van der Waals surface area contributed by atoms with Crippen molar-refractivity contribution in [1.29, 1.82) is 0 Å². The minimum Gasteiger partial charge on any atom is -0.493 e. The first-order valence-electron chi connectivity index (χ1n) is 4.35. The van der Waals surface area contributed by atoms with E-state index in [1.54, 1.807) is 18.2 Å². The van der Waals surface area contributed by atoms with Crippen molar-refractivity contribution in [1.82, 2.24) is 4.98 Å². The van der Waals surface area contributed by atoms with Gasteiger partial charge in [0.05, 0.1) is 7.11 Å². The first-order valence-corrected chi connectivity index (χ1v) is 4.35. The fraction of sp³-hybridized carbons (Fsp3) is 0.200. The normalized spacial score (nSPS) is 10.5. The minimum absolute atomic E-state index is 0.182. The van der Waals surface area contributed by atoms with E-state index < -0.39 is 5.97 Å². The maximum Gasteiger partial charge on any atom is 0.312 e. The van der Waals surface area contributed by atoms with Crippen molar-refractivity contribution in [3.63, 3.8) is 0 Å². The Morgan fingerprint density at radius 3 is 3.07 bits per heavy atom. The first kappa shape index (κ1) is 9.51. The maximum atomic E-state index is 10.5. The van der Waals surface area contributed by atoms with E-state index in [2.05, 4.69) is 4.98 Å². The summed E-state index contributed by atoms with van der Waals surface area (Å²) in [7, 11) is 1.52. The highest BCUT2D eigenvalue weighted by Crippen LogP contribution is 2.25. The monoisotopic (exact) mass is 207 g/mol. The van der Waals surface area contributed by atoms with Crippen molar-refractivity contribution in [2.45, 2.75) is 6.42 Å². The van der Waals surface area contributed by atoms with Crippen molar-refractivity contribution in [2.24, 2.45) is 0 Å². The third kappa shape index (κ3) is 1.76. The van der Waals surface area contributed by atoms with E-state index >= 15 is 0 Å². The molecule has 0 aliphatic heterocycles. The number of fused-ring (bicyclic) bond motifs is 1. The molecule has 0 radical (unpaired) electrons. The molecule has 0 bridgehead atoms. The molecule has 1 heterocycles. The summed E-state index contributed by atoms with van der Waals surface area (Å²) in [6.45, 7) is 0. The number of para-hydroxylation sites is 1. The lowest BCUT2D eigenvalue weighted by Crippen LogP contribution is -1.99. The number of carbonyl (C=O) groups is 1. The van der Waals surface area contributed by atoms with Gasteiger partial charge in [0.25, 0.3) is 0 Å². The fourth-order valence-corrected chi connectivity index (χ4v) is 1.34. The summed E-state index contributed by atoms with van der Waals surface area (Å²) in [5.74, 6) is -0.237. The number of hydrogen-bond donors (Lipinski definition) is 1. The van der Waals surface area contributed by atoms with Gasteiger partial charge < -0.3 is 14.3 Å². The molecule has 2 rings (SSSR count). The Labute approximate surface area is 85.3 Å². The molecule has 0 fully saturated rings. The minimum atomic E-state index is -0.972. The highest BCUT2D eigenvalue weighted by molar-refractivity contribution is 5.80. The molecule has 0 aliphatic carbocycles. The highest BCUT2D eigenvalue weighted by Gasteiger charge is 2.12. The first-order chi connectivity index (χ1) is 7.20. The van der Waals surface area contributed by atoms with Crippen LogP contribution in [0.1, 0.15) is 5.89 Å². The van der Waals surface area contributed by atoms with Crippen LogP contribution in [0, 0.1) is 0 Å². The SMILES string of the molecule is COc1cccc2nc(CC(=O)O)oc12. The molecule has 2 aromatic rings. The number of carboxylic acids is 1. The highest BCUT2D eigenvalue weighted by atomic mass is 16.5. The van der Waals surface area contributed by atoms with E-state index in [0.29, 0.717) is 16.8 Å². The van der Waals surface area contributed by atoms with E-state index in [1.807, 2.05) is 0 Å². The van der Waals surface area contributed by atoms with E-state index in [1.165, 1.54) is 7.11 Å². The number of rotatable bonds is 3. The van der Waals surface area contributed by atoms with Crippen LogP contribution in [0.25, 0.3) is 11.1 Å². The van der Waals surface area contributed by atoms with Crippen LogP contribution in [0.5, 0.6) is 5.75 Å². The van der Waals surface area contributed by atoms with Gasteiger partial charge in [-0.3, -0.25) is 4.79 Å². The van der Waals surface area contributed by atoms with Gasteiger partial charge in [-0.1, -0.05) is 6.07 Å². The average molecular weight is 207 g/mol. The Kier molecular flexibility index (Phi) is 2.29. The second-order valence-electron chi connectivity index (χ2n) is 2.99. The molecule has 15 heavy (non-hydrogen) atoms. The molecule has 78 valence electrons. The van der Waals surface area contributed by atoms with Gasteiger partial charge in [0.15, 0.2) is 11.3 Å². The van der Waals surface area contributed by atoms with Gasteiger partial charge in [-0.15, -0.1) is 0 Å². The number of aliphatic carboxylic acids is 1. The molecule has 0 amide bonds. The molecular weight excluding hydrogens is 198 g/mol. The van der Waals surface area contributed by atoms with Crippen LogP contribution >= 0.6 is 0 Å². The molecule has 0 atom stereocenters. The van der Waals surface area contributed by atoms with Crippen molar-refractivity contribution < 1.29 is 19.1 Å². The van der Waals surface area contributed by atoms with Crippen LogP contribution in [-0.4, -0.2) is 23.2 Å². The zero-order valence-corrected chi connectivity index (χ0v) is 8.06. The molecule has 0 spiro atoms. The Hall–Kier alpha value is -2.04. The molecule has 5 heteroatoms. The molecule has 5 nitrogen and oxygen atoms in total. The fourth-order valence-electron chi connectivity index (χ4n) is 1.34. The van der Waals surface area contributed by atoms with E-state index in [0.717, 1.165) is 0 Å². The standard InChI is InChI=1S/C10H9NO4/c1-14-7-4-2-3-6-10(7)15-8(11-6)5-9(12)13/h2-4H,5H2,1H3,(H,12,13). The van der Waals surface area contributed by atoms with Crippen molar-refractivity contribution in [3.8, 4) is 5.75 Å². The lowest BCUT2D eigenvalue weighted by atomic mass is 10.3. The van der Waals surface area contributed by atoms with Crippen LogP contribution in [-0.2, 0) is 11.2 Å². The van der Waals surface area contributed by atoms with Gasteiger partial charge in [-0.05, 0) is 12.1 Å². The van der Waals surface area contributed by atoms with Crippen LogP contribution in [0.2, 0.25) is 0 Å². The molecule has 1 N–H and O–H groups in total. The second-order valence-corrected chi connectivity index (χ2v) is 2.99. The maximum absolute atomic E-state index is 10.5. The summed E-state index contributed by atoms with van der Waals surface area (Å²) in [4.78, 5) is 14.5. The van der Waals surface area contributed by atoms with Gasteiger partial charge in [0.1, 0.15) is 11.9 Å². The summed E-state index contributed by atoms with van der Waals surface area (Å²) >= 11 is 0. The molecule has 0 saturated carbocycles. The number of methoxy groups -OCH3 is 1. The van der Waals surface area contributed by atoms with Crippen molar-refractivity contribution in [2.75, 3.05) is 7.11 Å². The Morgan fingerprint density at radius 1 is 1.60 bits per heavy atom. The third-order valence-corrected chi connectivity index (χ3v) is 1.95. The van der Waals surface area contributed by atoms with Gasteiger partial charge in [0, 0.05) is 0 Å². The molecule has 0 saturated heterocycles. The quantitative estimate of drug-likeness (QED) is 0.824. The Bertz CT molecular complexity index is 503. The molecular formula is C10H9NO4. The number of benzene rings is 1. The largest absolute Gasteiger partial charge is 0.493 e. The topological polar surface area (TPSA) is 72.6 Å². The Morgan fingerprint density at radius 2 is 2.40 bits per heavy atom. The number of aromatic nitrogens is 1. The number of hydrogen-bond acceptors (Lipinski definition) is 4. The summed E-state index contributed by atoms with van der Waals surface area (Å²) in [5, 5.41) is 8.59. The predicted octanol–water partition coefficient (Wildman–Crippen LogP) is 1.46. The van der Waals surface area contributed by atoms with Crippen LogP contribution in [0.4, 0.5) is 0 Å². The summed E-state index contributed by atoms with van der Waals surface area (Å²) in [6.07, 6.45) is -0.224. The number of oxazole rings is 1. The van der Waals surface area contributed by atoms with Gasteiger partial charge in [-0.25, -0.2) is 4.98 Å². The Balaban J connectivity index is 2.50.